The molecule has 0 amide bonds. The SMILES string of the molecule is Nc1ccc(F)cc1S(=O)(=O)C1CCOC2(CCC2)C1. The Hall–Kier alpha value is -1.14. The highest BCUT2D eigenvalue weighted by atomic mass is 32.2. The Balaban J connectivity index is 1.93. The molecule has 1 atom stereocenters. The zero-order valence-corrected chi connectivity index (χ0v) is 12.0. The maximum atomic E-state index is 13.3. The van der Waals surface area contributed by atoms with Gasteiger partial charge in [0.05, 0.1) is 21.4 Å². The van der Waals surface area contributed by atoms with Crippen LogP contribution >= 0.6 is 0 Å². The van der Waals surface area contributed by atoms with Crippen molar-refractivity contribution >= 4 is 15.5 Å². The largest absolute Gasteiger partial charge is 0.398 e. The van der Waals surface area contributed by atoms with Crippen LogP contribution in [-0.2, 0) is 14.6 Å². The molecule has 1 heterocycles. The normalized spacial score (nSPS) is 25.4. The van der Waals surface area contributed by atoms with E-state index in [0.717, 1.165) is 25.3 Å². The van der Waals surface area contributed by atoms with Gasteiger partial charge in [0, 0.05) is 6.61 Å². The summed E-state index contributed by atoms with van der Waals surface area (Å²) in [5.41, 5.74) is 5.57. The Morgan fingerprint density at radius 1 is 1.35 bits per heavy atom. The summed E-state index contributed by atoms with van der Waals surface area (Å²) in [6.07, 6.45) is 3.84. The second-order valence-corrected chi connectivity index (χ2v) is 7.92. The summed E-state index contributed by atoms with van der Waals surface area (Å²) in [5.74, 6) is -0.580. The molecule has 1 aliphatic heterocycles. The van der Waals surface area contributed by atoms with Gasteiger partial charge in [0.15, 0.2) is 9.84 Å². The van der Waals surface area contributed by atoms with Gasteiger partial charge in [0.25, 0.3) is 0 Å². The zero-order valence-electron chi connectivity index (χ0n) is 11.1. The Kier molecular flexibility index (Phi) is 3.25. The number of halogens is 1. The molecule has 20 heavy (non-hydrogen) atoms. The topological polar surface area (TPSA) is 69.4 Å². The molecule has 0 bridgehead atoms. The number of ether oxygens (including phenoxy) is 1. The molecule has 2 aliphatic rings. The lowest BCUT2D eigenvalue weighted by molar-refractivity contribution is -0.125. The number of hydrogen-bond donors (Lipinski definition) is 1. The summed E-state index contributed by atoms with van der Waals surface area (Å²) in [7, 11) is -3.61. The Morgan fingerprint density at radius 3 is 2.75 bits per heavy atom. The third-order valence-corrected chi connectivity index (χ3v) is 6.68. The first-order valence-electron chi connectivity index (χ1n) is 6.86. The molecule has 3 rings (SSSR count). The first-order chi connectivity index (χ1) is 9.43. The van der Waals surface area contributed by atoms with Crippen molar-refractivity contribution in [2.24, 2.45) is 0 Å². The average Bonchev–Trinajstić information content (AvgIpc) is 2.40. The van der Waals surface area contributed by atoms with E-state index >= 15 is 0 Å². The van der Waals surface area contributed by atoms with Crippen LogP contribution in [0.3, 0.4) is 0 Å². The van der Waals surface area contributed by atoms with E-state index in [1.165, 1.54) is 12.1 Å². The van der Waals surface area contributed by atoms with Crippen molar-refractivity contribution in [3.05, 3.63) is 24.0 Å². The highest BCUT2D eigenvalue weighted by molar-refractivity contribution is 7.92. The summed E-state index contributed by atoms with van der Waals surface area (Å²) in [6, 6.07) is 3.50. The van der Waals surface area contributed by atoms with Gasteiger partial charge < -0.3 is 10.5 Å². The summed E-state index contributed by atoms with van der Waals surface area (Å²) >= 11 is 0. The van der Waals surface area contributed by atoms with Crippen molar-refractivity contribution < 1.29 is 17.5 Å². The van der Waals surface area contributed by atoms with E-state index in [9.17, 15) is 12.8 Å². The van der Waals surface area contributed by atoms with Crippen LogP contribution < -0.4 is 5.73 Å². The Bertz CT molecular complexity index is 625. The molecule has 1 aromatic carbocycles. The number of hydrogen-bond acceptors (Lipinski definition) is 4. The van der Waals surface area contributed by atoms with Gasteiger partial charge in [0.2, 0.25) is 0 Å². The van der Waals surface area contributed by atoms with Crippen molar-refractivity contribution in [2.45, 2.75) is 47.9 Å². The van der Waals surface area contributed by atoms with E-state index in [2.05, 4.69) is 0 Å². The van der Waals surface area contributed by atoms with E-state index in [4.69, 9.17) is 10.5 Å². The van der Waals surface area contributed by atoms with E-state index in [0.29, 0.717) is 19.4 Å². The number of nitrogen functional groups attached to an aromatic ring is 1. The van der Waals surface area contributed by atoms with Crippen molar-refractivity contribution in [1.29, 1.82) is 0 Å². The average molecular weight is 299 g/mol. The molecule has 2 fully saturated rings. The molecule has 110 valence electrons. The van der Waals surface area contributed by atoms with E-state index in [1.807, 2.05) is 0 Å². The van der Waals surface area contributed by atoms with Gasteiger partial charge in [-0.05, 0) is 50.3 Å². The fraction of sp³-hybridized carbons (Fsp3) is 0.571. The molecule has 1 saturated heterocycles. The van der Waals surface area contributed by atoms with Gasteiger partial charge in [-0.2, -0.15) is 0 Å². The quantitative estimate of drug-likeness (QED) is 0.851. The van der Waals surface area contributed by atoms with Crippen molar-refractivity contribution in [2.75, 3.05) is 12.3 Å². The molecule has 6 heteroatoms. The minimum Gasteiger partial charge on any atom is -0.398 e. The van der Waals surface area contributed by atoms with Crippen molar-refractivity contribution in [3.63, 3.8) is 0 Å². The number of sulfone groups is 1. The van der Waals surface area contributed by atoms with Gasteiger partial charge in [-0.3, -0.25) is 0 Å². The van der Waals surface area contributed by atoms with E-state index in [1.54, 1.807) is 0 Å². The van der Waals surface area contributed by atoms with Gasteiger partial charge in [-0.1, -0.05) is 0 Å². The maximum Gasteiger partial charge on any atom is 0.183 e. The lowest BCUT2D eigenvalue weighted by Gasteiger charge is -2.46. The number of rotatable bonds is 2. The number of nitrogens with two attached hydrogens (primary N) is 1. The van der Waals surface area contributed by atoms with Crippen molar-refractivity contribution in [1.82, 2.24) is 0 Å². The predicted molar refractivity (Wildman–Crippen MR) is 73.6 cm³/mol. The summed E-state index contributed by atoms with van der Waals surface area (Å²) < 4.78 is 44.4. The molecule has 1 saturated carbocycles. The first kappa shape index (κ1) is 13.8. The fourth-order valence-corrected chi connectivity index (χ4v) is 5.06. The van der Waals surface area contributed by atoms with Crippen LogP contribution in [0.4, 0.5) is 10.1 Å². The molecule has 0 radical (unpaired) electrons. The third-order valence-electron chi connectivity index (χ3n) is 4.43. The number of anilines is 1. The minimum atomic E-state index is -3.61. The van der Waals surface area contributed by atoms with Crippen LogP contribution in [0, 0.1) is 5.82 Å². The molecular formula is C14H18FNO3S. The molecule has 1 aromatic rings. The van der Waals surface area contributed by atoms with Crippen molar-refractivity contribution in [3.8, 4) is 0 Å². The standard InChI is InChI=1S/C14H18FNO3S/c15-10-2-3-12(16)13(8-10)20(17,18)11-4-7-19-14(9-11)5-1-6-14/h2-3,8,11H,1,4-7,9,16H2. The smallest absolute Gasteiger partial charge is 0.183 e. The van der Waals surface area contributed by atoms with E-state index < -0.39 is 20.9 Å². The van der Waals surface area contributed by atoms with Crippen LogP contribution in [0.5, 0.6) is 0 Å². The Labute approximate surface area is 118 Å². The van der Waals surface area contributed by atoms with Crippen LogP contribution in [0.15, 0.2) is 23.1 Å². The summed E-state index contributed by atoms with van der Waals surface area (Å²) in [4.78, 5) is -0.0844. The molecule has 1 spiro atoms. The second kappa shape index (κ2) is 4.70. The summed E-state index contributed by atoms with van der Waals surface area (Å²) in [5, 5.41) is -0.527. The molecule has 0 aromatic heterocycles. The highest BCUT2D eigenvalue weighted by Gasteiger charge is 2.46. The van der Waals surface area contributed by atoms with Gasteiger partial charge >= 0.3 is 0 Å². The van der Waals surface area contributed by atoms with Crippen LogP contribution in [0.2, 0.25) is 0 Å². The second-order valence-electron chi connectivity index (χ2n) is 5.73. The number of benzene rings is 1. The first-order valence-corrected chi connectivity index (χ1v) is 8.41. The van der Waals surface area contributed by atoms with Crippen LogP contribution in [0.25, 0.3) is 0 Å². The molecule has 4 nitrogen and oxygen atoms in total. The fourth-order valence-electron chi connectivity index (χ4n) is 3.10. The molecule has 2 N–H and O–H groups in total. The molecule has 1 unspecified atom stereocenters. The van der Waals surface area contributed by atoms with Gasteiger partial charge in [0.1, 0.15) is 5.82 Å². The van der Waals surface area contributed by atoms with Gasteiger partial charge in [-0.25, -0.2) is 12.8 Å². The Morgan fingerprint density at radius 2 is 2.10 bits per heavy atom. The lowest BCUT2D eigenvalue weighted by atomic mass is 9.75. The predicted octanol–water partition coefficient (Wildman–Crippen LogP) is 2.28. The zero-order chi connectivity index (χ0) is 14.4. The lowest BCUT2D eigenvalue weighted by Crippen LogP contribution is -2.49. The third kappa shape index (κ3) is 2.20. The van der Waals surface area contributed by atoms with Gasteiger partial charge in [-0.15, -0.1) is 0 Å². The molecular weight excluding hydrogens is 281 g/mol. The van der Waals surface area contributed by atoms with Crippen LogP contribution in [-0.4, -0.2) is 25.9 Å². The maximum absolute atomic E-state index is 13.3. The summed E-state index contributed by atoms with van der Waals surface area (Å²) in [6.45, 7) is 0.444. The van der Waals surface area contributed by atoms with Crippen LogP contribution in [0.1, 0.15) is 32.1 Å². The molecule has 1 aliphatic carbocycles. The van der Waals surface area contributed by atoms with E-state index in [-0.39, 0.29) is 16.2 Å². The monoisotopic (exact) mass is 299 g/mol. The highest BCUT2D eigenvalue weighted by Crippen LogP contribution is 2.45. The minimum absolute atomic E-state index is 0.0844.